The summed E-state index contributed by atoms with van der Waals surface area (Å²) >= 11 is 12.7. The minimum atomic E-state index is -4.38. The Labute approximate surface area is 291 Å². The molecule has 0 aromatic heterocycles. The first-order valence-electron chi connectivity index (χ1n) is 15.3. The van der Waals surface area contributed by atoms with Gasteiger partial charge in [0, 0.05) is 28.5 Å². The Morgan fingerprint density at radius 1 is 0.917 bits per heavy atom. The first-order chi connectivity index (χ1) is 22.7. The third-order valence-corrected chi connectivity index (χ3v) is 9.62. The van der Waals surface area contributed by atoms with E-state index < -0.39 is 45.8 Å². The molecule has 0 spiro atoms. The lowest BCUT2D eigenvalue weighted by molar-refractivity contribution is -0.140. The fourth-order valence-electron chi connectivity index (χ4n) is 4.98. The molecule has 254 valence electrons. The van der Waals surface area contributed by atoms with Gasteiger partial charge in [0.2, 0.25) is 11.8 Å². The molecule has 0 saturated heterocycles. The molecule has 0 saturated carbocycles. The van der Waals surface area contributed by atoms with Gasteiger partial charge in [-0.05, 0) is 99.5 Å². The number of nitrogens with zero attached hydrogens (tertiary/aromatic N) is 2. The Morgan fingerprint density at radius 3 is 2.15 bits per heavy atom. The molecule has 0 aliphatic carbocycles. The van der Waals surface area contributed by atoms with Crippen molar-refractivity contribution < 1.29 is 27.1 Å². The molecule has 0 aliphatic heterocycles. The van der Waals surface area contributed by atoms with Gasteiger partial charge >= 0.3 is 0 Å². The van der Waals surface area contributed by atoms with E-state index in [0.717, 1.165) is 22.0 Å². The number of hydrogen-bond donors (Lipinski definition) is 1. The van der Waals surface area contributed by atoms with Gasteiger partial charge in [-0.25, -0.2) is 12.8 Å². The van der Waals surface area contributed by atoms with Crippen LogP contribution in [0.3, 0.4) is 0 Å². The molecule has 0 radical (unpaired) electrons. The average molecular weight is 715 g/mol. The van der Waals surface area contributed by atoms with Gasteiger partial charge in [-0.3, -0.25) is 13.9 Å². The van der Waals surface area contributed by atoms with E-state index in [1.165, 1.54) is 47.4 Å². The number of hydrogen-bond acceptors (Lipinski definition) is 5. The highest BCUT2D eigenvalue weighted by Gasteiger charge is 2.36. The van der Waals surface area contributed by atoms with Crippen molar-refractivity contribution in [1.29, 1.82) is 0 Å². The highest BCUT2D eigenvalue weighted by Crippen LogP contribution is 2.28. The van der Waals surface area contributed by atoms with Crippen molar-refractivity contribution in [2.24, 2.45) is 0 Å². The van der Waals surface area contributed by atoms with E-state index in [0.29, 0.717) is 22.9 Å². The van der Waals surface area contributed by atoms with Crippen LogP contribution in [0.1, 0.15) is 38.8 Å². The Bertz CT molecular complexity index is 1820. The Kier molecular flexibility index (Phi) is 12.1. The third kappa shape index (κ3) is 9.71. The number of carbonyl (C=O) groups excluding carboxylic acids is 2. The molecule has 2 amide bonds. The largest absolute Gasteiger partial charge is 0.494 e. The van der Waals surface area contributed by atoms with Crippen molar-refractivity contribution in [3.8, 4) is 5.75 Å². The molecule has 4 rings (SSSR count). The summed E-state index contributed by atoms with van der Waals surface area (Å²) < 4.78 is 48.7. The highest BCUT2D eigenvalue weighted by molar-refractivity contribution is 7.92. The summed E-state index contributed by atoms with van der Waals surface area (Å²) in [6, 6.07) is 23.5. The molecular weight excluding hydrogens is 676 g/mol. The van der Waals surface area contributed by atoms with E-state index in [-0.39, 0.29) is 28.6 Å². The molecule has 0 bridgehead atoms. The van der Waals surface area contributed by atoms with Crippen LogP contribution in [0.2, 0.25) is 10.0 Å². The van der Waals surface area contributed by atoms with Crippen LogP contribution in [0, 0.1) is 5.82 Å². The monoisotopic (exact) mass is 713 g/mol. The third-order valence-electron chi connectivity index (χ3n) is 7.24. The Morgan fingerprint density at radius 2 is 1.56 bits per heavy atom. The molecule has 4 aromatic rings. The minimum absolute atomic E-state index is 0.0573. The number of halogens is 3. The molecule has 1 N–H and O–H groups in total. The van der Waals surface area contributed by atoms with Crippen LogP contribution in [-0.2, 0) is 32.6 Å². The molecule has 48 heavy (non-hydrogen) atoms. The highest BCUT2D eigenvalue weighted by atomic mass is 35.5. The number of ether oxygens (including phenoxy) is 1. The molecule has 8 nitrogen and oxygen atoms in total. The summed E-state index contributed by atoms with van der Waals surface area (Å²) in [5.74, 6) is -1.23. The zero-order chi connectivity index (χ0) is 35.1. The quantitative estimate of drug-likeness (QED) is 0.157. The zero-order valence-corrected chi connectivity index (χ0v) is 29.4. The molecular formula is C36H38Cl2FN3O5S. The second-order valence-corrected chi connectivity index (χ2v) is 14.8. The van der Waals surface area contributed by atoms with Crippen molar-refractivity contribution >= 4 is 50.7 Å². The van der Waals surface area contributed by atoms with Crippen LogP contribution >= 0.6 is 23.2 Å². The van der Waals surface area contributed by atoms with E-state index >= 15 is 0 Å². The number of nitrogens with one attached hydrogen (secondary N) is 1. The van der Waals surface area contributed by atoms with Gasteiger partial charge < -0.3 is 15.0 Å². The summed E-state index contributed by atoms with van der Waals surface area (Å²) in [5.41, 5.74) is 0.694. The lowest BCUT2D eigenvalue weighted by Crippen LogP contribution is -2.56. The van der Waals surface area contributed by atoms with E-state index in [1.54, 1.807) is 12.1 Å². The van der Waals surface area contributed by atoms with Gasteiger partial charge in [-0.1, -0.05) is 59.6 Å². The maximum absolute atomic E-state index is 14.6. The lowest BCUT2D eigenvalue weighted by atomic mass is 10.0. The number of rotatable bonds is 13. The molecule has 12 heteroatoms. The second-order valence-electron chi connectivity index (χ2n) is 12.1. The molecule has 0 heterocycles. The molecule has 0 unspecified atom stereocenters. The number of anilines is 1. The van der Waals surface area contributed by atoms with Gasteiger partial charge in [0.05, 0.1) is 17.2 Å². The van der Waals surface area contributed by atoms with Gasteiger partial charge in [-0.15, -0.1) is 0 Å². The van der Waals surface area contributed by atoms with Crippen LogP contribution in [-0.4, -0.2) is 49.9 Å². The van der Waals surface area contributed by atoms with Gasteiger partial charge in [-0.2, -0.15) is 0 Å². The fourth-order valence-corrected chi connectivity index (χ4v) is 6.86. The van der Waals surface area contributed by atoms with Crippen molar-refractivity contribution in [3.05, 3.63) is 124 Å². The number of amides is 2. The van der Waals surface area contributed by atoms with E-state index in [4.69, 9.17) is 27.9 Å². The van der Waals surface area contributed by atoms with Crippen molar-refractivity contribution in [1.82, 2.24) is 10.2 Å². The van der Waals surface area contributed by atoms with Crippen LogP contribution in [0.4, 0.5) is 10.1 Å². The SMILES string of the molecule is CCOc1ccc(S(=O)(=O)N(CC(=O)N(Cc2ccc(Cl)cc2Cl)[C@@H](Cc2ccccc2)C(=O)NC(C)(C)C)c2ccc(F)cc2)cc1. The molecule has 0 fully saturated rings. The van der Waals surface area contributed by atoms with Crippen LogP contribution in [0.15, 0.2) is 102 Å². The summed E-state index contributed by atoms with van der Waals surface area (Å²) in [5, 5.41) is 3.63. The molecule has 0 aliphatic rings. The smallest absolute Gasteiger partial charge is 0.264 e. The first-order valence-corrected chi connectivity index (χ1v) is 17.5. The maximum Gasteiger partial charge on any atom is 0.264 e. The van der Waals surface area contributed by atoms with Crippen molar-refractivity contribution in [2.45, 2.75) is 57.1 Å². The second kappa shape index (κ2) is 15.9. The molecule has 4 aromatic carbocycles. The maximum atomic E-state index is 14.6. The Hall–Kier alpha value is -4.12. The van der Waals surface area contributed by atoms with Gasteiger partial charge in [0.1, 0.15) is 24.2 Å². The van der Waals surface area contributed by atoms with Crippen molar-refractivity contribution in [2.75, 3.05) is 17.5 Å². The van der Waals surface area contributed by atoms with Crippen LogP contribution in [0.25, 0.3) is 0 Å². The summed E-state index contributed by atoms with van der Waals surface area (Å²) in [7, 11) is -4.38. The Balaban J connectivity index is 1.82. The summed E-state index contributed by atoms with van der Waals surface area (Å²) in [6.07, 6.45) is 0.127. The average Bonchev–Trinajstić information content (AvgIpc) is 3.03. The normalized spacial score (nSPS) is 12.2. The molecule has 1 atom stereocenters. The van der Waals surface area contributed by atoms with Crippen LogP contribution in [0.5, 0.6) is 5.75 Å². The van der Waals surface area contributed by atoms with E-state index in [9.17, 15) is 22.4 Å². The van der Waals surface area contributed by atoms with E-state index in [2.05, 4.69) is 5.32 Å². The predicted molar refractivity (Wildman–Crippen MR) is 187 cm³/mol. The number of carbonyl (C=O) groups is 2. The van der Waals surface area contributed by atoms with Gasteiger partial charge in [0.25, 0.3) is 10.0 Å². The summed E-state index contributed by atoms with van der Waals surface area (Å²) in [6.45, 7) is 6.83. The minimum Gasteiger partial charge on any atom is -0.494 e. The lowest BCUT2D eigenvalue weighted by Gasteiger charge is -2.35. The fraction of sp³-hybridized carbons (Fsp3) is 0.278. The first kappa shape index (κ1) is 36.7. The topological polar surface area (TPSA) is 96.0 Å². The van der Waals surface area contributed by atoms with Crippen LogP contribution < -0.4 is 14.4 Å². The standard InChI is InChI=1S/C36H38Cl2FN3O5S/c1-5-47-30-17-19-31(20-18-30)48(45,46)42(29-15-13-28(39)14-16-29)24-34(43)41(23-26-11-12-27(37)22-32(26)38)33(35(44)40-36(2,3)4)21-25-9-7-6-8-10-25/h6-20,22,33H,5,21,23-24H2,1-4H3,(H,40,44)/t33-/m0/s1. The predicted octanol–water partition coefficient (Wildman–Crippen LogP) is 7.28. The number of sulfonamides is 1. The van der Waals surface area contributed by atoms with E-state index in [1.807, 2.05) is 58.0 Å². The van der Waals surface area contributed by atoms with Gasteiger partial charge in [0.15, 0.2) is 0 Å². The zero-order valence-electron chi connectivity index (χ0n) is 27.1. The summed E-state index contributed by atoms with van der Waals surface area (Å²) in [4.78, 5) is 29.8. The van der Waals surface area contributed by atoms with Crippen molar-refractivity contribution in [3.63, 3.8) is 0 Å². The number of benzene rings is 4.